The van der Waals surface area contributed by atoms with E-state index >= 15 is 0 Å². The molecule has 280 valence electrons. The summed E-state index contributed by atoms with van der Waals surface area (Å²) in [5.74, 6) is 0.505. The number of terminal acetylenes is 1. The zero-order valence-electron chi connectivity index (χ0n) is 30.3. The number of aromatic nitrogens is 3. The summed E-state index contributed by atoms with van der Waals surface area (Å²) in [6.07, 6.45) is 12.4. The Kier molecular flexibility index (Phi) is 10.7. The summed E-state index contributed by atoms with van der Waals surface area (Å²) in [5.41, 5.74) is 2.98. The first-order chi connectivity index (χ1) is 26.1. The lowest BCUT2D eigenvalue weighted by Crippen LogP contribution is -2.56. The van der Waals surface area contributed by atoms with Gasteiger partial charge in [0.2, 0.25) is 0 Å². The second-order valence-electron chi connectivity index (χ2n) is 14.0. The fraction of sp³-hybridized carbons (Fsp3) is 0.375. The minimum atomic E-state index is -0.711. The normalized spacial score (nSPS) is 17.8. The molecule has 7 rings (SSSR count). The first kappa shape index (κ1) is 36.7. The molecule has 4 N–H and O–H groups in total. The summed E-state index contributed by atoms with van der Waals surface area (Å²) in [6.45, 7) is 5.66. The molecule has 0 unspecified atom stereocenters. The Bertz CT molecular complexity index is 2170. The second-order valence-corrected chi connectivity index (χ2v) is 14.0. The minimum Gasteiger partial charge on any atom is -0.392 e. The van der Waals surface area contributed by atoms with Crippen LogP contribution in [0.15, 0.2) is 59.7 Å². The first-order valence-electron chi connectivity index (χ1n) is 18.2. The Labute approximate surface area is 312 Å². The van der Waals surface area contributed by atoms with E-state index in [0.717, 1.165) is 69.8 Å². The topological polar surface area (TPSA) is 154 Å². The Morgan fingerprint density at radius 3 is 2.56 bits per heavy atom. The maximum atomic E-state index is 14.9. The van der Waals surface area contributed by atoms with Gasteiger partial charge in [-0.25, -0.2) is 14.4 Å². The highest BCUT2D eigenvalue weighted by Gasteiger charge is 2.31. The summed E-state index contributed by atoms with van der Waals surface area (Å²) in [4.78, 5) is 52.6. The highest BCUT2D eigenvalue weighted by Crippen LogP contribution is 2.40. The highest BCUT2D eigenvalue weighted by molar-refractivity contribution is 6.06. The number of hydrogen-bond donors (Lipinski definition) is 4. The van der Waals surface area contributed by atoms with Gasteiger partial charge >= 0.3 is 0 Å². The monoisotopic (exact) mass is 734 g/mol. The van der Waals surface area contributed by atoms with Crippen LogP contribution in [0.25, 0.3) is 11.3 Å². The number of nitrogens with one attached hydrogen (secondary N) is 3. The third kappa shape index (κ3) is 7.84. The number of nitrogens with zero attached hydrogens (tertiary/aromatic N) is 5. The molecule has 2 aliphatic heterocycles. The molecule has 2 aromatic heterocycles. The van der Waals surface area contributed by atoms with E-state index in [4.69, 9.17) is 11.2 Å². The number of anilines is 5. The number of rotatable bonds is 10. The minimum absolute atomic E-state index is 0.0282. The van der Waals surface area contributed by atoms with Crippen LogP contribution in [0.1, 0.15) is 60.0 Å². The number of hydrogen-bond acceptors (Lipinski definition) is 10. The molecule has 3 fully saturated rings. The molecule has 2 amide bonds. The van der Waals surface area contributed by atoms with E-state index in [1.807, 2.05) is 12.1 Å². The number of benzene rings is 2. The zero-order chi connectivity index (χ0) is 37.9. The van der Waals surface area contributed by atoms with Gasteiger partial charge in [-0.05, 0) is 86.4 Å². The van der Waals surface area contributed by atoms with Gasteiger partial charge < -0.3 is 35.3 Å². The quantitative estimate of drug-likeness (QED) is 0.170. The van der Waals surface area contributed by atoms with Crippen molar-refractivity contribution in [3.63, 3.8) is 0 Å². The van der Waals surface area contributed by atoms with Crippen LogP contribution >= 0.6 is 0 Å². The van der Waals surface area contributed by atoms with Crippen LogP contribution in [-0.4, -0.2) is 81.3 Å². The van der Waals surface area contributed by atoms with Gasteiger partial charge in [0, 0.05) is 81.2 Å². The van der Waals surface area contributed by atoms with Crippen molar-refractivity contribution >= 4 is 40.5 Å². The maximum Gasteiger partial charge on any atom is 0.300 e. The summed E-state index contributed by atoms with van der Waals surface area (Å²) in [5, 5.41) is 19.0. The lowest BCUT2D eigenvalue weighted by Gasteiger charge is -2.45. The third-order valence-corrected chi connectivity index (χ3v) is 10.4. The predicted octanol–water partition coefficient (Wildman–Crippen LogP) is 4.61. The smallest absolute Gasteiger partial charge is 0.300 e. The van der Waals surface area contributed by atoms with Crippen LogP contribution in [0.2, 0.25) is 0 Å². The molecule has 54 heavy (non-hydrogen) atoms. The SMILES string of the molecule is C#CC(=O)Nc1cc(Nc2nc(-c3ccnc(NC(=O)c4ccc(C5CC5)cc4F)c3CO)cn(C)c2=O)ccc1N1CCN(C2CCOCC2)C[C@@H]1C. The zero-order valence-corrected chi connectivity index (χ0v) is 30.3. The Morgan fingerprint density at radius 2 is 1.85 bits per heavy atom. The molecule has 1 saturated carbocycles. The van der Waals surface area contributed by atoms with Crippen LogP contribution in [0.4, 0.5) is 33.1 Å². The van der Waals surface area contributed by atoms with Gasteiger partial charge in [0.25, 0.3) is 17.4 Å². The van der Waals surface area contributed by atoms with Crippen molar-refractivity contribution in [2.75, 3.05) is 53.7 Å². The fourth-order valence-electron chi connectivity index (χ4n) is 7.36. The molecule has 0 spiro atoms. The molecule has 3 aliphatic rings. The van der Waals surface area contributed by atoms with E-state index in [1.54, 1.807) is 25.2 Å². The average molecular weight is 735 g/mol. The Morgan fingerprint density at radius 1 is 1.06 bits per heavy atom. The molecule has 1 atom stereocenters. The molecule has 4 aromatic rings. The van der Waals surface area contributed by atoms with Gasteiger partial charge in [-0.1, -0.05) is 6.07 Å². The second kappa shape index (κ2) is 15.8. The number of aliphatic hydroxyl groups is 1. The largest absolute Gasteiger partial charge is 0.392 e. The predicted molar refractivity (Wildman–Crippen MR) is 204 cm³/mol. The molecule has 1 aliphatic carbocycles. The maximum absolute atomic E-state index is 14.9. The van der Waals surface area contributed by atoms with E-state index < -0.39 is 29.8 Å². The molecule has 14 heteroatoms. The molecule has 2 aromatic carbocycles. The summed E-state index contributed by atoms with van der Waals surface area (Å²) in [7, 11) is 1.57. The number of halogens is 1. The average Bonchev–Trinajstić information content (AvgIpc) is 4.03. The standard InChI is InChI=1S/C40H43FN8O5/c1-4-36(51)44-33-20-27(8-10-35(33)49-16-15-48(21-24(49)2)28-12-17-54-18-13-28)43-38-40(53)47(3)22-34(45-38)29-11-14-42-37(31(29)23-50)46-39(52)30-9-7-26(19-32(30)41)25-5-6-25/h1,7-11,14,19-20,22,24-25,28,50H,5-6,12-13,15-18,21,23H2,2-3H3,(H,43,45)(H,44,51)(H,42,46,52)/t24-/m0/s1. The van der Waals surface area contributed by atoms with Crippen molar-refractivity contribution in [3.05, 3.63) is 87.7 Å². The molecular weight excluding hydrogens is 691 g/mol. The van der Waals surface area contributed by atoms with Crippen molar-refractivity contribution in [1.82, 2.24) is 19.4 Å². The van der Waals surface area contributed by atoms with Gasteiger partial charge in [0.15, 0.2) is 5.82 Å². The number of pyridine rings is 1. The van der Waals surface area contributed by atoms with Gasteiger partial charge in [-0.3, -0.25) is 19.3 Å². The molecular formula is C40H43FN8O5. The summed E-state index contributed by atoms with van der Waals surface area (Å²) < 4.78 is 21.8. The summed E-state index contributed by atoms with van der Waals surface area (Å²) >= 11 is 0. The van der Waals surface area contributed by atoms with Crippen LogP contribution in [0.5, 0.6) is 0 Å². The number of carbonyl (C=O) groups excluding carboxylic acids is 2. The van der Waals surface area contributed by atoms with Gasteiger partial charge in [-0.2, -0.15) is 0 Å². The fourth-order valence-corrected chi connectivity index (χ4v) is 7.36. The molecule has 2 saturated heterocycles. The van der Waals surface area contributed by atoms with Crippen molar-refractivity contribution in [1.29, 1.82) is 0 Å². The number of aliphatic hydroxyl groups excluding tert-OH is 1. The van der Waals surface area contributed by atoms with Crippen LogP contribution in [0, 0.1) is 18.2 Å². The number of piperazine rings is 1. The number of aryl methyl sites for hydroxylation is 1. The number of carbonyl (C=O) groups is 2. The van der Waals surface area contributed by atoms with E-state index in [-0.39, 0.29) is 28.8 Å². The van der Waals surface area contributed by atoms with Gasteiger partial charge in [0.05, 0.1) is 29.2 Å². The molecule has 0 radical (unpaired) electrons. The van der Waals surface area contributed by atoms with E-state index in [9.17, 15) is 23.9 Å². The van der Waals surface area contributed by atoms with Crippen LogP contribution in [0.3, 0.4) is 0 Å². The van der Waals surface area contributed by atoms with E-state index in [1.165, 1.54) is 29.1 Å². The van der Waals surface area contributed by atoms with E-state index in [2.05, 4.69) is 48.6 Å². The molecule has 4 heterocycles. The first-order valence-corrected chi connectivity index (χ1v) is 18.2. The van der Waals surface area contributed by atoms with Crippen LogP contribution < -0.4 is 26.4 Å². The molecule has 13 nitrogen and oxygen atoms in total. The van der Waals surface area contributed by atoms with Gasteiger partial charge in [-0.15, -0.1) is 6.42 Å². The number of amides is 2. The summed E-state index contributed by atoms with van der Waals surface area (Å²) in [6, 6.07) is 12.3. The van der Waals surface area contributed by atoms with E-state index in [0.29, 0.717) is 34.6 Å². The van der Waals surface area contributed by atoms with Crippen molar-refractivity contribution in [2.24, 2.45) is 7.05 Å². The highest BCUT2D eigenvalue weighted by atomic mass is 19.1. The third-order valence-electron chi connectivity index (χ3n) is 10.4. The van der Waals surface area contributed by atoms with Crippen LogP contribution in [-0.2, 0) is 23.2 Å². The Balaban J connectivity index is 1.14. The number of ether oxygens (including phenoxy) is 1. The van der Waals surface area contributed by atoms with Crippen molar-refractivity contribution < 1.29 is 23.8 Å². The van der Waals surface area contributed by atoms with Crippen molar-refractivity contribution in [2.45, 2.75) is 57.2 Å². The van der Waals surface area contributed by atoms with Crippen molar-refractivity contribution in [3.8, 4) is 23.6 Å². The van der Waals surface area contributed by atoms with Gasteiger partial charge in [0.1, 0.15) is 11.6 Å². The lowest BCUT2D eigenvalue weighted by molar-refractivity contribution is -0.111. The lowest BCUT2D eigenvalue weighted by atomic mass is 10.0. The molecule has 0 bridgehead atoms. The Hall–Kier alpha value is -5.62.